The van der Waals surface area contributed by atoms with Crippen molar-refractivity contribution in [1.29, 1.82) is 0 Å². The van der Waals surface area contributed by atoms with Crippen LogP contribution in [-0.4, -0.2) is 75.8 Å². The van der Waals surface area contributed by atoms with E-state index in [4.69, 9.17) is 4.74 Å². The fraction of sp³-hybridized carbons (Fsp3) is 0.370. The van der Waals surface area contributed by atoms with Gasteiger partial charge in [-0.05, 0) is 53.6 Å². The lowest BCUT2D eigenvalue weighted by molar-refractivity contribution is -0.151. The average Bonchev–Trinajstić information content (AvgIpc) is 3.62. The number of rotatable bonds is 7. The van der Waals surface area contributed by atoms with Crippen LogP contribution in [0.3, 0.4) is 0 Å². The molecule has 9 nitrogen and oxygen atoms in total. The molecular weight excluding hydrogens is 528 g/mol. The number of hydrogen-bond acceptors (Lipinski definition) is 7. The molecule has 2 aromatic rings. The minimum Gasteiger partial charge on any atom is -0.484 e. The molecule has 0 unspecified atom stereocenters. The van der Waals surface area contributed by atoms with Crippen LogP contribution in [0.5, 0.6) is 0 Å². The second-order valence-corrected chi connectivity index (χ2v) is 10.7. The summed E-state index contributed by atoms with van der Waals surface area (Å²) in [6.45, 7) is 2.09. The van der Waals surface area contributed by atoms with Crippen molar-refractivity contribution in [2.75, 3.05) is 25.5 Å². The molecular formula is C27H24F2N5O4S+. The molecule has 2 aliphatic heterocycles. The number of aliphatic hydroxyl groups is 1. The van der Waals surface area contributed by atoms with Gasteiger partial charge in [0.1, 0.15) is 0 Å². The lowest BCUT2D eigenvalue weighted by atomic mass is 9.92. The van der Waals surface area contributed by atoms with Crippen molar-refractivity contribution in [2.45, 2.75) is 38.2 Å². The Kier molecular flexibility index (Phi) is 7.17. The van der Waals surface area contributed by atoms with Gasteiger partial charge in [0.25, 0.3) is 11.7 Å². The number of hydrogen-bond donors (Lipinski definition) is 2. The van der Waals surface area contributed by atoms with E-state index in [9.17, 15) is 23.5 Å². The molecule has 1 saturated heterocycles. The largest absolute Gasteiger partial charge is 0.484 e. The number of halogens is 2. The highest BCUT2D eigenvalue weighted by molar-refractivity contribution is 7.15. The first-order valence-electron chi connectivity index (χ1n) is 12.2. The molecule has 3 aliphatic rings. The number of β-amino-alcohol motifs (C(OH)–C–C–N with tert-alkyl or cyclic N) is 1. The van der Waals surface area contributed by atoms with E-state index in [2.05, 4.69) is 37.9 Å². The minimum atomic E-state index is -2.87. The van der Waals surface area contributed by atoms with E-state index < -0.39 is 23.6 Å². The number of nitrogens with zero attached hydrogens (tertiary/aromatic N) is 4. The first kappa shape index (κ1) is 26.5. The van der Waals surface area contributed by atoms with E-state index in [0.29, 0.717) is 16.5 Å². The van der Waals surface area contributed by atoms with Crippen LogP contribution in [0.15, 0.2) is 30.0 Å². The highest BCUT2D eigenvalue weighted by Gasteiger charge is 2.39. The summed E-state index contributed by atoms with van der Waals surface area (Å²) in [4.78, 5) is 27.6. The molecule has 2 amide bonds. The normalized spacial score (nSPS) is 17.4. The van der Waals surface area contributed by atoms with Crippen molar-refractivity contribution < 1.29 is 28.2 Å². The molecule has 200 valence electrons. The Bertz CT molecular complexity index is 1540. The molecule has 1 aromatic heterocycles. The molecule has 2 fully saturated rings. The summed E-state index contributed by atoms with van der Waals surface area (Å²) in [5.74, 6) is 8.19. The summed E-state index contributed by atoms with van der Waals surface area (Å²) in [6, 6.07) is 4.71. The first-order chi connectivity index (χ1) is 18.6. The summed E-state index contributed by atoms with van der Waals surface area (Å²) in [5, 5.41) is 21.3. The number of carbonyl (C=O) groups is 2. The van der Waals surface area contributed by atoms with Gasteiger partial charge in [-0.2, -0.15) is 8.78 Å². The third-order valence-corrected chi connectivity index (χ3v) is 7.00. The molecule has 1 aromatic carbocycles. The molecule has 0 radical (unpaired) electrons. The lowest BCUT2D eigenvalue weighted by Crippen LogP contribution is -2.62. The molecule has 5 rings (SSSR count). The highest BCUT2D eigenvalue weighted by Crippen LogP contribution is 2.30. The van der Waals surface area contributed by atoms with Crippen molar-refractivity contribution in [3.63, 3.8) is 0 Å². The Labute approximate surface area is 226 Å². The molecule has 39 heavy (non-hydrogen) atoms. The number of nitrogens with one attached hydrogen (secondary N) is 1. The summed E-state index contributed by atoms with van der Waals surface area (Å²) < 4.78 is 36.0. The van der Waals surface area contributed by atoms with Crippen LogP contribution in [0.2, 0.25) is 0 Å². The van der Waals surface area contributed by atoms with Gasteiger partial charge in [0.05, 0.1) is 32.2 Å². The van der Waals surface area contributed by atoms with E-state index in [0.717, 1.165) is 30.3 Å². The number of ether oxygens (including phenoxy) is 1. The summed E-state index contributed by atoms with van der Waals surface area (Å²) in [6.07, 6.45) is 0.400. The third-order valence-electron chi connectivity index (χ3n) is 6.25. The standard InChI is InChI=1S/C27H23F2N5O4S/c1-27(37)13-34(14-27)23(35)10-16-5-7-17(18(9-16)19-11-20(24(28)29)30-12-21(19)38-2)25(36)31-26-33-32-22(39-26)8-6-15-3-4-15/h5,7,9,11,15,24,37H,3-4,10,13-14H2,1-2H3/p+1. The zero-order valence-corrected chi connectivity index (χ0v) is 21.9. The van der Waals surface area contributed by atoms with E-state index in [1.165, 1.54) is 18.1 Å². The molecule has 0 bridgehead atoms. The molecule has 12 heteroatoms. The number of allylic oxidation sites excluding steroid dienone is 2. The zero-order valence-electron chi connectivity index (χ0n) is 21.1. The van der Waals surface area contributed by atoms with E-state index in [1.54, 1.807) is 19.1 Å². The molecule has 0 spiro atoms. The minimum absolute atomic E-state index is 0.0107. The molecule has 1 aliphatic carbocycles. The van der Waals surface area contributed by atoms with Crippen LogP contribution >= 0.6 is 11.3 Å². The highest BCUT2D eigenvalue weighted by atomic mass is 32.1. The molecule has 0 atom stereocenters. The van der Waals surface area contributed by atoms with Crippen molar-refractivity contribution in [3.05, 3.63) is 51.7 Å². The van der Waals surface area contributed by atoms with Crippen LogP contribution in [0.25, 0.3) is 5.57 Å². The fourth-order valence-corrected chi connectivity index (χ4v) is 4.73. The van der Waals surface area contributed by atoms with Crippen LogP contribution in [-0.2, 0) is 16.0 Å². The van der Waals surface area contributed by atoms with Crippen LogP contribution < -0.4 is 9.98 Å². The summed E-state index contributed by atoms with van der Waals surface area (Å²) in [7, 11) is 1.34. The van der Waals surface area contributed by atoms with Crippen LogP contribution in [0.1, 0.15) is 46.3 Å². The Morgan fingerprint density at radius 3 is 2.79 bits per heavy atom. The predicted octanol–water partition coefficient (Wildman–Crippen LogP) is 2.06. The van der Waals surface area contributed by atoms with Crippen LogP contribution in [0, 0.1) is 17.8 Å². The first-order valence-corrected chi connectivity index (χ1v) is 13.0. The number of likely N-dealkylation sites (tertiary alicyclic amines) is 1. The smallest absolute Gasteiger partial charge is 0.383 e. The topological polar surface area (TPSA) is 119 Å². The van der Waals surface area contributed by atoms with E-state index >= 15 is 0 Å². The monoisotopic (exact) mass is 552 g/mol. The maximum atomic E-state index is 13.5. The quantitative estimate of drug-likeness (QED) is 0.401. The number of amides is 2. The van der Waals surface area contributed by atoms with Crippen molar-refractivity contribution in [1.82, 2.24) is 19.8 Å². The summed E-state index contributed by atoms with van der Waals surface area (Å²) >= 11 is 1.13. The van der Waals surface area contributed by atoms with Crippen molar-refractivity contribution >= 4 is 45.4 Å². The maximum absolute atomic E-state index is 13.5. The van der Waals surface area contributed by atoms with Gasteiger partial charge in [-0.25, -0.2) is 0 Å². The summed E-state index contributed by atoms with van der Waals surface area (Å²) in [5.41, 5.74) is -0.347. The SMILES string of the molecule is COC1=C=[N+]=C(C(F)F)C=C1c1cc(CC(=O)N2CC(C)(O)C2)ccc1C(=O)Nc1nnc(C#CC2CC2)s1. The van der Waals surface area contributed by atoms with E-state index in [-0.39, 0.29) is 53.0 Å². The van der Waals surface area contributed by atoms with Gasteiger partial charge in [0.15, 0.2) is 5.01 Å². The van der Waals surface area contributed by atoms with E-state index in [1.807, 2.05) is 0 Å². The second-order valence-electron chi connectivity index (χ2n) is 9.75. The number of methoxy groups -OCH3 is 1. The number of aromatic nitrogens is 2. The van der Waals surface area contributed by atoms with Gasteiger partial charge in [0, 0.05) is 23.1 Å². The maximum Gasteiger partial charge on any atom is 0.383 e. The number of alkyl halides is 2. The number of benzene rings is 1. The van der Waals surface area contributed by atoms with Gasteiger partial charge in [-0.15, -0.1) is 10.2 Å². The number of carbonyl (C=O) groups excluding carboxylic acids is 2. The molecule has 3 heterocycles. The molecule has 1 saturated carbocycles. The van der Waals surface area contributed by atoms with Gasteiger partial charge < -0.3 is 14.7 Å². The Morgan fingerprint density at radius 1 is 1.36 bits per heavy atom. The average molecular weight is 553 g/mol. The van der Waals surface area contributed by atoms with Gasteiger partial charge >= 0.3 is 18.0 Å². The lowest BCUT2D eigenvalue weighted by Gasteiger charge is -2.44. The fourth-order valence-electron chi connectivity index (χ4n) is 4.13. The van der Waals surface area contributed by atoms with Crippen molar-refractivity contribution in [3.8, 4) is 11.8 Å². The Hall–Kier alpha value is -4.13. The van der Waals surface area contributed by atoms with Gasteiger partial charge in [0.2, 0.25) is 11.0 Å². The zero-order chi connectivity index (χ0) is 27.7. The third kappa shape index (κ3) is 6.14. The Morgan fingerprint density at radius 2 is 2.13 bits per heavy atom. The van der Waals surface area contributed by atoms with Crippen molar-refractivity contribution in [2.24, 2.45) is 5.92 Å². The second kappa shape index (κ2) is 10.6. The molecule has 2 N–H and O–H groups in total. The van der Waals surface area contributed by atoms with Gasteiger partial charge in [-0.1, -0.05) is 23.3 Å². The Balaban J connectivity index is 1.45. The van der Waals surface area contributed by atoms with Crippen LogP contribution in [0.4, 0.5) is 13.9 Å². The number of anilines is 1. The van der Waals surface area contributed by atoms with Gasteiger partial charge in [-0.3, -0.25) is 14.9 Å². The predicted molar refractivity (Wildman–Crippen MR) is 141 cm³/mol.